The quantitative estimate of drug-likeness (QED) is 0.802. The highest BCUT2D eigenvalue weighted by Crippen LogP contribution is 2.28. The number of aryl methyl sites for hydroxylation is 1. The summed E-state index contributed by atoms with van der Waals surface area (Å²) in [5, 5.41) is 10.4. The molecule has 102 valence electrons. The third-order valence-electron chi connectivity index (χ3n) is 3.68. The zero-order valence-corrected chi connectivity index (χ0v) is 12.0. The van der Waals surface area contributed by atoms with Gasteiger partial charge in [-0.1, -0.05) is 12.1 Å². The van der Waals surface area contributed by atoms with Crippen molar-refractivity contribution in [3.63, 3.8) is 0 Å². The van der Waals surface area contributed by atoms with Gasteiger partial charge in [0.15, 0.2) is 0 Å². The summed E-state index contributed by atoms with van der Waals surface area (Å²) in [5.74, 6) is 1.62. The van der Waals surface area contributed by atoms with Gasteiger partial charge in [-0.25, -0.2) is 4.98 Å². The van der Waals surface area contributed by atoms with Crippen LogP contribution in [0.25, 0.3) is 11.0 Å². The molecule has 0 unspecified atom stereocenters. The Labute approximate surface area is 120 Å². The van der Waals surface area contributed by atoms with Crippen molar-refractivity contribution >= 4 is 22.4 Å². The van der Waals surface area contributed by atoms with Gasteiger partial charge in [0.2, 0.25) is 0 Å². The molecule has 0 bridgehead atoms. The second-order valence-electron chi connectivity index (χ2n) is 5.25. The monoisotopic (exact) mass is 285 g/mol. The molecule has 0 spiro atoms. The first-order chi connectivity index (χ1) is 9.78. The molecule has 0 radical (unpaired) electrons. The Morgan fingerprint density at radius 3 is 2.90 bits per heavy atom. The van der Waals surface area contributed by atoms with Gasteiger partial charge >= 0.3 is 0 Å². The van der Waals surface area contributed by atoms with Gasteiger partial charge in [0, 0.05) is 19.0 Å². The van der Waals surface area contributed by atoms with Gasteiger partial charge in [-0.15, -0.1) is 21.5 Å². The van der Waals surface area contributed by atoms with E-state index in [0.717, 1.165) is 46.5 Å². The highest BCUT2D eigenvalue weighted by molar-refractivity contribution is 7.11. The maximum absolute atomic E-state index is 4.67. The molecule has 1 fully saturated rings. The molecule has 5 nitrogen and oxygen atoms in total. The van der Waals surface area contributed by atoms with Gasteiger partial charge in [-0.3, -0.25) is 4.90 Å². The van der Waals surface area contributed by atoms with E-state index in [9.17, 15) is 0 Å². The first-order valence-corrected chi connectivity index (χ1v) is 7.55. The van der Waals surface area contributed by atoms with Crippen molar-refractivity contribution in [1.82, 2.24) is 25.1 Å². The minimum absolute atomic E-state index is 0.511. The fourth-order valence-corrected chi connectivity index (χ4v) is 3.38. The number of benzene rings is 1. The number of para-hydroxylation sites is 2. The molecule has 4 rings (SSSR count). The van der Waals surface area contributed by atoms with Crippen LogP contribution in [0, 0.1) is 6.92 Å². The van der Waals surface area contributed by atoms with Gasteiger partial charge in [-0.05, 0) is 19.1 Å². The van der Waals surface area contributed by atoms with Crippen LogP contribution in [-0.2, 0) is 6.54 Å². The number of nitrogens with one attached hydrogen (secondary N) is 1. The molecule has 0 atom stereocenters. The third kappa shape index (κ3) is 2.10. The van der Waals surface area contributed by atoms with Crippen LogP contribution in [-0.4, -0.2) is 38.2 Å². The summed E-state index contributed by atoms with van der Waals surface area (Å²) in [7, 11) is 0. The highest BCUT2D eigenvalue weighted by Gasteiger charge is 2.30. The molecule has 20 heavy (non-hydrogen) atoms. The molecule has 1 N–H and O–H groups in total. The average molecular weight is 285 g/mol. The largest absolute Gasteiger partial charge is 0.342 e. The summed E-state index contributed by atoms with van der Waals surface area (Å²) in [6.45, 7) is 4.98. The molecule has 1 aliphatic rings. The van der Waals surface area contributed by atoms with Crippen molar-refractivity contribution in [1.29, 1.82) is 0 Å². The lowest BCUT2D eigenvalue weighted by Crippen LogP contribution is -2.44. The number of aromatic amines is 1. The second-order valence-corrected chi connectivity index (χ2v) is 6.51. The van der Waals surface area contributed by atoms with Crippen molar-refractivity contribution < 1.29 is 0 Å². The topological polar surface area (TPSA) is 57.7 Å². The van der Waals surface area contributed by atoms with Crippen molar-refractivity contribution in [2.45, 2.75) is 19.4 Å². The van der Waals surface area contributed by atoms with Crippen molar-refractivity contribution in [3.8, 4) is 0 Å². The van der Waals surface area contributed by atoms with Crippen molar-refractivity contribution in [3.05, 3.63) is 40.1 Å². The summed E-state index contributed by atoms with van der Waals surface area (Å²) in [4.78, 5) is 10.5. The van der Waals surface area contributed by atoms with Crippen LogP contribution >= 0.6 is 11.3 Å². The molecule has 1 saturated heterocycles. The first-order valence-electron chi connectivity index (χ1n) is 6.74. The molecule has 1 aliphatic heterocycles. The lowest BCUT2D eigenvalue weighted by molar-refractivity contribution is 0.135. The maximum atomic E-state index is 4.67. The standard InChI is InChI=1S/C14H15N5S/c1-9-17-18-13(20-9)8-19-6-10(7-19)14-15-11-4-2-3-5-12(11)16-14/h2-5,10H,6-8H2,1H3,(H,15,16). The minimum Gasteiger partial charge on any atom is -0.342 e. The van der Waals surface area contributed by atoms with Crippen LogP contribution in [0.5, 0.6) is 0 Å². The molecular formula is C14H15N5S. The fourth-order valence-electron chi connectivity index (χ4n) is 2.63. The maximum Gasteiger partial charge on any atom is 0.131 e. The number of aromatic nitrogens is 4. The molecule has 2 aromatic heterocycles. The Bertz CT molecular complexity index is 708. The van der Waals surface area contributed by atoms with Gasteiger partial charge < -0.3 is 4.98 Å². The Morgan fingerprint density at radius 1 is 1.30 bits per heavy atom. The average Bonchev–Trinajstić information content (AvgIpc) is 2.98. The van der Waals surface area contributed by atoms with E-state index in [1.165, 1.54) is 0 Å². The number of fused-ring (bicyclic) bond motifs is 1. The van der Waals surface area contributed by atoms with Crippen LogP contribution in [0.15, 0.2) is 24.3 Å². The predicted molar refractivity (Wildman–Crippen MR) is 78.8 cm³/mol. The van der Waals surface area contributed by atoms with E-state index in [0.29, 0.717) is 5.92 Å². The van der Waals surface area contributed by atoms with Crippen LogP contribution in [0.3, 0.4) is 0 Å². The smallest absolute Gasteiger partial charge is 0.131 e. The summed E-state index contributed by atoms with van der Waals surface area (Å²) >= 11 is 1.68. The van der Waals surface area contributed by atoms with E-state index in [1.807, 2.05) is 19.1 Å². The van der Waals surface area contributed by atoms with Crippen LogP contribution in [0.4, 0.5) is 0 Å². The van der Waals surface area contributed by atoms with E-state index >= 15 is 0 Å². The van der Waals surface area contributed by atoms with Crippen molar-refractivity contribution in [2.75, 3.05) is 13.1 Å². The Hall–Kier alpha value is -1.79. The zero-order chi connectivity index (χ0) is 13.5. The molecule has 0 aliphatic carbocycles. The van der Waals surface area contributed by atoms with E-state index in [-0.39, 0.29) is 0 Å². The predicted octanol–water partition coefficient (Wildman–Crippen LogP) is 2.32. The van der Waals surface area contributed by atoms with Gasteiger partial charge in [0.05, 0.1) is 17.6 Å². The SMILES string of the molecule is Cc1nnc(CN2CC(c3nc4ccccc4[nH]3)C2)s1. The van der Waals surface area contributed by atoms with Crippen molar-refractivity contribution in [2.24, 2.45) is 0 Å². The van der Waals surface area contributed by atoms with E-state index in [4.69, 9.17) is 0 Å². The number of likely N-dealkylation sites (tertiary alicyclic amines) is 1. The second kappa shape index (κ2) is 4.64. The van der Waals surface area contributed by atoms with Gasteiger partial charge in [0.25, 0.3) is 0 Å². The zero-order valence-electron chi connectivity index (χ0n) is 11.2. The van der Waals surface area contributed by atoms with Crippen LogP contribution in [0.1, 0.15) is 21.8 Å². The van der Waals surface area contributed by atoms with Gasteiger partial charge in [0.1, 0.15) is 15.8 Å². The number of H-pyrrole nitrogens is 1. The minimum atomic E-state index is 0.511. The van der Waals surface area contributed by atoms with E-state index in [1.54, 1.807) is 11.3 Å². The fraction of sp³-hybridized carbons (Fsp3) is 0.357. The van der Waals surface area contributed by atoms with E-state index < -0.39 is 0 Å². The van der Waals surface area contributed by atoms with E-state index in [2.05, 4.69) is 37.2 Å². The van der Waals surface area contributed by atoms with Crippen LogP contribution < -0.4 is 0 Å². The van der Waals surface area contributed by atoms with Crippen LogP contribution in [0.2, 0.25) is 0 Å². The molecule has 0 amide bonds. The lowest BCUT2D eigenvalue weighted by Gasteiger charge is -2.37. The Balaban J connectivity index is 1.43. The number of hydrogen-bond acceptors (Lipinski definition) is 5. The molecule has 3 aromatic rings. The number of imidazole rings is 1. The lowest BCUT2D eigenvalue weighted by atomic mass is 10.00. The number of nitrogens with zero attached hydrogens (tertiary/aromatic N) is 4. The normalized spacial score (nSPS) is 16.6. The highest BCUT2D eigenvalue weighted by atomic mass is 32.1. The summed E-state index contributed by atoms with van der Waals surface area (Å²) in [6.07, 6.45) is 0. The molecule has 0 saturated carbocycles. The number of hydrogen-bond donors (Lipinski definition) is 1. The Kier molecular flexibility index (Phi) is 2.78. The molecule has 6 heteroatoms. The summed E-state index contributed by atoms with van der Waals surface area (Å²) in [5.41, 5.74) is 2.18. The third-order valence-corrected chi connectivity index (χ3v) is 4.50. The molecule has 3 heterocycles. The summed E-state index contributed by atoms with van der Waals surface area (Å²) < 4.78 is 0. The molecule has 1 aromatic carbocycles. The number of rotatable bonds is 3. The summed E-state index contributed by atoms with van der Waals surface area (Å²) in [6, 6.07) is 8.19. The Morgan fingerprint density at radius 2 is 2.15 bits per heavy atom. The first kappa shape index (κ1) is 12.0. The van der Waals surface area contributed by atoms with Gasteiger partial charge in [-0.2, -0.15) is 0 Å². The molecular weight excluding hydrogens is 270 g/mol.